The average molecular weight is 457 g/mol. The van der Waals surface area contributed by atoms with E-state index in [9.17, 15) is 4.79 Å². The van der Waals surface area contributed by atoms with E-state index >= 15 is 0 Å². The zero-order valence-electron chi connectivity index (χ0n) is 15.1. The van der Waals surface area contributed by atoms with E-state index in [0.29, 0.717) is 6.42 Å². The van der Waals surface area contributed by atoms with Gasteiger partial charge in [0.2, 0.25) is 0 Å². The second kappa shape index (κ2) is 28.8. The van der Waals surface area contributed by atoms with E-state index in [1.165, 1.54) is 83.5 Å². The maximum atomic E-state index is 10.3. The van der Waals surface area contributed by atoms with Crippen LogP contribution in [0.2, 0.25) is 0 Å². The zero-order chi connectivity index (χ0) is 14.9. The third-order valence-corrected chi connectivity index (χ3v) is 3.99. The Kier molecular flexibility index (Phi) is 40.8. The smallest absolute Gasteiger partial charge is 0 e. The van der Waals surface area contributed by atoms with Crippen LogP contribution in [0.15, 0.2) is 0 Å². The van der Waals surface area contributed by atoms with Gasteiger partial charge in [-0.2, -0.15) is 0 Å². The molecule has 0 fully saturated rings. The fourth-order valence-corrected chi connectivity index (χ4v) is 2.65. The molecule has 0 spiro atoms. The molecule has 0 bridgehead atoms. The van der Waals surface area contributed by atoms with Gasteiger partial charge in [-0.05, 0) is 6.42 Å². The molecule has 5 heteroatoms. The Morgan fingerprint density at radius 1 is 0.609 bits per heavy atom. The molecule has 0 aliphatic rings. The molecule has 0 aromatic rings. The topological polar surface area (TPSA) is 37.3 Å². The van der Waals surface area contributed by atoms with Gasteiger partial charge >= 0.3 is 43.7 Å². The van der Waals surface area contributed by atoms with Crippen LogP contribution >= 0.6 is 0 Å². The predicted molar refractivity (Wildman–Crippen MR) is 95.7 cm³/mol. The van der Waals surface area contributed by atoms with Crippen molar-refractivity contribution < 1.29 is 48.9 Å². The summed E-state index contributed by atoms with van der Waals surface area (Å²) in [5, 5.41) is 8.52. The standard InChI is InChI=1S/C18H36O2.Ca.2Zn.2H/c1-2-3-4-5-6-7-8-9-10-11-12-13-14-15-16-17-18(19)20;;;;;/h2-17H2,1H3,(H,19,20);;;;;. The Balaban J connectivity index is -0.000000602. The normalized spacial score (nSPS) is 9.43. The molecular weight excluding hydrogens is 419 g/mol. The molecule has 0 rings (SSSR count). The fraction of sp³-hybridized carbons (Fsp3) is 0.944. The molecule has 1 N–H and O–H groups in total. The first-order valence-corrected chi connectivity index (χ1v) is 8.99. The van der Waals surface area contributed by atoms with Crippen molar-refractivity contribution in [1.82, 2.24) is 0 Å². The Morgan fingerprint density at radius 2 is 0.870 bits per heavy atom. The van der Waals surface area contributed by atoms with Gasteiger partial charge in [0.15, 0.2) is 0 Å². The molecule has 2 nitrogen and oxygen atoms in total. The third kappa shape index (κ3) is 32.2. The van der Waals surface area contributed by atoms with E-state index in [-0.39, 0.29) is 76.7 Å². The Bertz CT molecular complexity index is 217. The second-order valence-corrected chi connectivity index (χ2v) is 6.09. The Labute approximate surface area is 200 Å². The predicted octanol–water partition coefficient (Wildman–Crippen LogP) is 5.41. The maximum Gasteiger partial charge on any atom is 0 e. The van der Waals surface area contributed by atoms with Gasteiger partial charge < -0.3 is 5.11 Å². The van der Waals surface area contributed by atoms with Crippen molar-refractivity contribution in [2.45, 2.75) is 110 Å². The molecule has 0 aromatic carbocycles. The third-order valence-electron chi connectivity index (χ3n) is 3.99. The molecule has 23 heavy (non-hydrogen) atoms. The maximum absolute atomic E-state index is 10.3. The molecule has 0 saturated heterocycles. The van der Waals surface area contributed by atoms with E-state index in [0.717, 1.165) is 12.8 Å². The Morgan fingerprint density at radius 3 is 1.13 bits per heavy atom. The minimum atomic E-state index is -0.653. The summed E-state index contributed by atoms with van der Waals surface area (Å²) in [5.41, 5.74) is 0. The number of hydrogen-bond donors (Lipinski definition) is 1. The molecule has 0 radical (unpaired) electrons. The molecule has 0 saturated carbocycles. The van der Waals surface area contributed by atoms with Crippen molar-refractivity contribution in [2.24, 2.45) is 0 Å². The number of carboxylic acid groups (broad SMARTS) is 1. The van der Waals surface area contributed by atoms with Crippen molar-refractivity contribution in [3.05, 3.63) is 0 Å². The summed E-state index contributed by atoms with van der Waals surface area (Å²) < 4.78 is 0. The number of hydrogen-bond acceptors (Lipinski definition) is 1. The van der Waals surface area contributed by atoms with E-state index in [1.54, 1.807) is 0 Å². The molecule has 0 heterocycles. The Hall–Kier alpha value is 1.98. The van der Waals surface area contributed by atoms with Crippen LogP contribution in [-0.4, -0.2) is 48.8 Å². The molecule has 0 aromatic heterocycles. The van der Waals surface area contributed by atoms with E-state index in [4.69, 9.17) is 5.11 Å². The number of rotatable bonds is 16. The van der Waals surface area contributed by atoms with Crippen LogP contribution in [0.1, 0.15) is 110 Å². The first kappa shape index (κ1) is 32.6. The van der Waals surface area contributed by atoms with Gasteiger partial charge in [-0.3, -0.25) is 4.79 Å². The van der Waals surface area contributed by atoms with E-state index in [2.05, 4.69) is 6.92 Å². The number of carboxylic acids is 1. The summed E-state index contributed by atoms with van der Waals surface area (Å²) in [6.45, 7) is 2.27. The van der Waals surface area contributed by atoms with Crippen LogP contribution in [-0.2, 0) is 43.8 Å². The molecule has 0 amide bonds. The molecular formula is C18H38CaO2Zn2. The summed E-state index contributed by atoms with van der Waals surface area (Å²) in [4.78, 5) is 10.3. The van der Waals surface area contributed by atoms with Gasteiger partial charge in [0.25, 0.3) is 0 Å². The van der Waals surface area contributed by atoms with Crippen LogP contribution in [0.3, 0.4) is 0 Å². The molecule has 0 aliphatic heterocycles. The minimum Gasteiger partial charge on any atom is 0 e. The van der Waals surface area contributed by atoms with Gasteiger partial charge in [0, 0.05) is 45.4 Å². The number of aliphatic carboxylic acids is 1. The van der Waals surface area contributed by atoms with Crippen molar-refractivity contribution in [3.63, 3.8) is 0 Å². The second-order valence-electron chi connectivity index (χ2n) is 6.09. The van der Waals surface area contributed by atoms with Gasteiger partial charge in [0.05, 0.1) is 0 Å². The SMILES string of the molecule is CCCCCCCCCCCCCCCCCC(=O)O.[CaH2].[Zn].[Zn]. The van der Waals surface area contributed by atoms with Crippen molar-refractivity contribution in [3.8, 4) is 0 Å². The van der Waals surface area contributed by atoms with Gasteiger partial charge in [0.1, 0.15) is 0 Å². The van der Waals surface area contributed by atoms with Crippen LogP contribution in [0.25, 0.3) is 0 Å². The number of carbonyl (C=O) groups is 1. The van der Waals surface area contributed by atoms with Gasteiger partial charge in [-0.15, -0.1) is 0 Å². The van der Waals surface area contributed by atoms with Crippen LogP contribution in [0.4, 0.5) is 0 Å². The molecule has 0 aliphatic carbocycles. The molecule has 0 atom stereocenters. The minimum absolute atomic E-state index is 0. The molecule has 128 valence electrons. The first-order chi connectivity index (χ1) is 9.77. The average Bonchev–Trinajstić information content (AvgIpc) is 2.43. The summed E-state index contributed by atoms with van der Waals surface area (Å²) in [6.07, 6.45) is 20.2. The van der Waals surface area contributed by atoms with E-state index in [1.807, 2.05) is 0 Å². The summed E-state index contributed by atoms with van der Waals surface area (Å²) in [6, 6.07) is 0. The monoisotopic (exact) mass is 454 g/mol. The van der Waals surface area contributed by atoms with Crippen LogP contribution in [0.5, 0.6) is 0 Å². The van der Waals surface area contributed by atoms with Gasteiger partial charge in [-0.25, -0.2) is 0 Å². The van der Waals surface area contributed by atoms with Crippen molar-refractivity contribution in [2.75, 3.05) is 0 Å². The zero-order valence-corrected chi connectivity index (χ0v) is 21.0. The van der Waals surface area contributed by atoms with Crippen LogP contribution in [0, 0.1) is 0 Å². The van der Waals surface area contributed by atoms with Crippen molar-refractivity contribution >= 4 is 43.7 Å². The quantitative estimate of drug-likeness (QED) is 0.249. The summed E-state index contributed by atoms with van der Waals surface area (Å²) >= 11 is 0. The van der Waals surface area contributed by atoms with Crippen molar-refractivity contribution in [1.29, 1.82) is 0 Å². The summed E-state index contributed by atoms with van der Waals surface area (Å²) in [5.74, 6) is -0.653. The fourth-order valence-electron chi connectivity index (χ4n) is 2.65. The largest absolute Gasteiger partial charge is 0 e. The number of unbranched alkanes of at least 4 members (excludes halogenated alkanes) is 14. The molecule has 0 unspecified atom stereocenters. The first-order valence-electron chi connectivity index (χ1n) is 8.99. The summed E-state index contributed by atoms with van der Waals surface area (Å²) in [7, 11) is 0. The van der Waals surface area contributed by atoms with Gasteiger partial charge in [-0.1, -0.05) is 96.8 Å². The van der Waals surface area contributed by atoms with E-state index < -0.39 is 5.97 Å². The van der Waals surface area contributed by atoms with Crippen LogP contribution < -0.4 is 0 Å².